The molecular weight excluding hydrogens is 463 g/mol. The summed E-state index contributed by atoms with van der Waals surface area (Å²) in [5.74, 6) is -1.48. The van der Waals surface area contributed by atoms with Crippen LogP contribution in [0.5, 0.6) is 0 Å². The number of aromatic amines is 1. The van der Waals surface area contributed by atoms with Crippen LogP contribution in [0.4, 0.5) is 23.7 Å². The minimum absolute atomic E-state index is 0.264. The van der Waals surface area contributed by atoms with Crippen LogP contribution in [0, 0.1) is 5.92 Å². The van der Waals surface area contributed by atoms with E-state index in [1.807, 2.05) is 12.2 Å². The molecule has 0 aliphatic heterocycles. The second-order valence-electron chi connectivity index (χ2n) is 8.49. The van der Waals surface area contributed by atoms with Crippen LogP contribution < -0.4 is 21.7 Å². The molecule has 35 heavy (non-hydrogen) atoms. The van der Waals surface area contributed by atoms with Gasteiger partial charge >= 0.3 is 12.2 Å². The Bertz CT molecular complexity index is 1210. The Balaban J connectivity index is 1.96. The zero-order valence-corrected chi connectivity index (χ0v) is 19.6. The van der Waals surface area contributed by atoms with Crippen molar-refractivity contribution in [3.8, 4) is 11.1 Å². The van der Waals surface area contributed by atoms with E-state index in [9.17, 15) is 22.8 Å². The van der Waals surface area contributed by atoms with Gasteiger partial charge < -0.3 is 26.7 Å². The molecule has 0 fully saturated rings. The third-order valence-electron chi connectivity index (χ3n) is 5.59. The van der Waals surface area contributed by atoms with Crippen molar-refractivity contribution >= 4 is 28.7 Å². The largest absolute Gasteiger partial charge is 0.405 e. The molecule has 3 rings (SSSR count). The summed E-state index contributed by atoms with van der Waals surface area (Å²) in [6.07, 6.45) is 2.35. The topological polar surface area (TPSA) is 138 Å². The second kappa shape index (κ2) is 10.3. The summed E-state index contributed by atoms with van der Waals surface area (Å²) < 4.78 is 38.0. The fraction of sp³-hybridized carbons (Fsp3) is 0.391. The molecule has 0 spiro atoms. The van der Waals surface area contributed by atoms with Gasteiger partial charge in [-0.3, -0.25) is 9.78 Å². The first-order valence-electron chi connectivity index (χ1n) is 11.1. The number of alkyl halides is 3. The number of halogens is 3. The minimum Gasteiger partial charge on any atom is -0.346 e. The number of fused-ring (bicyclic) bond motifs is 1. The third kappa shape index (κ3) is 5.88. The van der Waals surface area contributed by atoms with Gasteiger partial charge in [-0.05, 0) is 24.5 Å². The van der Waals surface area contributed by atoms with Gasteiger partial charge in [-0.1, -0.05) is 20.8 Å². The Kier molecular flexibility index (Phi) is 7.64. The maximum atomic E-state index is 12.8. The second-order valence-corrected chi connectivity index (χ2v) is 8.49. The fourth-order valence-corrected chi connectivity index (χ4v) is 3.59. The van der Waals surface area contributed by atoms with Crippen LogP contribution in [0.2, 0.25) is 0 Å². The van der Waals surface area contributed by atoms with Crippen molar-refractivity contribution in [1.29, 1.82) is 0 Å². The average molecular weight is 492 g/mol. The Morgan fingerprint density at radius 1 is 1.14 bits per heavy atom. The molecule has 0 bridgehead atoms. The van der Waals surface area contributed by atoms with E-state index in [4.69, 9.17) is 5.73 Å². The van der Waals surface area contributed by atoms with Crippen molar-refractivity contribution in [2.45, 2.75) is 38.9 Å². The molecule has 3 aromatic rings. The number of rotatable bonds is 8. The van der Waals surface area contributed by atoms with Crippen LogP contribution in [0.3, 0.4) is 0 Å². The number of nitrogens with one attached hydrogen (secondary N) is 4. The molecule has 1 atom stereocenters. The number of aromatic nitrogens is 3. The van der Waals surface area contributed by atoms with Gasteiger partial charge in [0.25, 0.3) is 0 Å². The molecule has 3 amide bonds. The molecule has 3 heterocycles. The summed E-state index contributed by atoms with van der Waals surface area (Å²) >= 11 is 0. The van der Waals surface area contributed by atoms with E-state index in [2.05, 4.69) is 25.6 Å². The number of anilines is 1. The molecule has 0 saturated heterocycles. The molecule has 3 aromatic heterocycles. The maximum absolute atomic E-state index is 12.8. The van der Waals surface area contributed by atoms with Gasteiger partial charge in [0.1, 0.15) is 17.7 Å². The van der Waals surface area contributed by atoms with Gasteiger partial charge in [0.15, 0.2) is 0 Å². The number of H-pyrrole nitrogens is 1. The molecule has 0 unspecified atom stereocenters. The summed E-state index contributed by atoms with van der Waals surface area (Å²) in [5.41, 5.74) is 7.17. The summed E-state index contributed by atoms with van der Waals surface area (Å²) in [6.45, 7) is 4.29. The predicted molar refractivity (Wildman–Crippen MR) is 126 cm³/mol. The lowest BCUT2D eigenvalue weighted by molar-refractivity contribution is -0.143. The minimum atomic E-state index is -4.57. The smallest absolute Gasteiger partial charge is 0.346 e. The zero-order chi connectivity index (χ0) is 25.8. The zero-order valence-electron chi connectivity index (χ0n) is 19.6. The van der Waals surface area contributed by atoms with E-state index in [1.165, 1.54) is 12.4 Å². The normalized spacial score (nSPS) is 13.5. The van der Waals surface area contributed by atoms with Gasteiger partial charge in [0.2, 0.25) is 5.91 Å². The molecule has 0 radical (unpaired) electrons. The van der Waals surface area contributed by atoms with Crippen molar-refractivity contribution in [3.05, 3.63) is 42.5 Å². The highest BCUT2D eigenvalue weighted by Gasteiger charge is 2.41. The van der Waals surface area contributed by atoms with E-state index < -0.39 is 30.1 Å². The number of carbonyl (C=O) groups excluding carboxylic acids is 2. The molecule has 0 aliphatic carbocycles. The highest BCUT2D eigenvalue weighted by Crippen LogP contribution is 2.33. The van der Waals surface area contributed by atoms with Gasteiger partial charge in [0.05, 0.1) is 11.9 Å². The van der Waals surface area contributed by atoms with Crippen molar-refractivity contribution < 1.29 is 22.8 Å². The first-order valence-corrected chi connectivity index (χ1v) is 11.1. The van der Waals surface area contributed by atoms with Gasteiger partial charge in [0, 0.05) is 47.2 Å². The molecule has 6 N–H and O–H groups in total. The van der Waals surface area contributed by atoms with Crippen LogP contribution in [0.25, 0.3) is 22.2 Å². The van der Waals surface area contributed by atoms with E-state index in [-0.39, 0.29) is 11.6 Å². The van der Waals surface area contributed by atoms with Crippen LogP contribution in [0.15, 0.2) is 36.9 Å². The van der Waals surface area contributed by atoms with E-state index >= 15 is 0 Å². The number of urea groups is 1. The lowest BCUT2D eigenvalue weighted by Gasteiger charge is -2.32. The predicted octanol–water partition coefficient (Wildman–Crippen LogP) is 3.64. The molecule has 9 nitrogen and oxygen atoms in total. The monoisotopic (exact) mass is 491 g/mol. The van der Waals surface area contributed by atoms with Crippen molar-refractivity contribution in [1.82, 2.24) is 25.6 Å². The number of amides is 3. The van der Waals surface area contributed by atoms with Gasteiger partial charge in [-0.15, -0.1) is 0 Å². The quantitative estimate of drug-likeness (QED) is 0.328. The number of nitrogens with zero attached hydrogens (tertiary/aromatic N) is 2. The van der Waals surface area contributed by atoms with Crippen molar-refractivity contribution in [2.75, 3.05) is 18.4 Å². The average Bonchev–Trinajstić information content (AvgIpc) is 3.23. The fourth-order valence-electron chi connectivity index (χ4n) is 3.59. The molecule has 188 valence electrons. The number of nitrogens with two attached hydrogens (primary N) is 1. The van der Waals surface area contributed by atoms with Gasteiger partial charge in [-0.2, -0.15) is 13.2 Å². The van der Waals surface area contributed by atoms with Crippen LogP contribution in [-0.4, -0.2) is 46.2 Å². The number of pyridine rings is 2. The Hall–Kier alpha value is -3.67. The lowest BCUT2D eigenvalue weighted by atomic mass is 9.80. The molecular formula is C23H28F3N7O2. The Morgan fingerprint density at radius 2 is 1.89 bits per heavy atom. The standard InChI is InChI=1S/C23H28F3N7O2/c1-4-5-29-21(35)33-16-7-17-18(11-31-19(17)30-10-16)14-6-15(9-28-8-14)23(27,13(2)3)20(34)32-12-22(24,25)26/h6-11,13H,4-5,12,27H2,1-3H3,(H,30,31)(H,32,34)(H2,29,33,35)/t23-/m1/s1. The van der Waals surface area contributed by atoms with Crippen molar-refractivity contribution in [2.24, 2.45) is 11.7 Å². The first kappa shape index (κ1) is 25.9. The van der Waals surface area contributed by atoms with Crippen LogP contribution in [0.1, 0.15) is 32.8 Å². The van der Waals surface area contributed by atoms with E-state index in [0.717, 1.165) is 6.42 Å². The number of hydrogen-bond acceptors (Lipinski definition) is 5. The van der Waals surface area contributed by atoms with Crippen LogP contribution >= 0.6 is 0 Å². The number of carbonyl (C=O) groups is 2. The summed E-state index contributed by atoms with van der Waals surface area (Å²) in [4.78, 5) is 36.3. The van der Waals surface area contributed by atoms with E-state index in [0.29, 0.717) is 34.4 Å². The lowest BCUT2D eigenvalue weighted by Crippen LogP contribution is -2.56. The summed E-state index contributed by atoms with van der Waals surface area (Å²) in [7, 11) is 0. The molecule has 0 aliphatic rings. The first-order chi connectivity index (χ1) is 16.5. The summed E-state index contributed by atoms with van der Waals surface area (Å²) in [6, 6.07) is 3.00. The highest BCUT2D eigenvalue weighted by molar-refractivity contribution is 5.98. The highest BCUT2D eigenvalue weighted by atomic mass is 19.4. The molecule has 0 saturated carbocycles. The maximum Gasteiger partial charge on any atom is 0.405 e. The molecule has 0 aromatic carbocycles. The van der Waals surface area contributed by atoms with Gasteiger partial charge in [-0.25, -0.2) is 9.78 Å². The Morgan fingerprint density at radius 3 is 2.54 bits per heavy atom. The SMILES string of the molecule is CCCNC(=O)Nc1cnc2[nH]cc(-c3cncc([C@@](N)(C(=O)NCC(F)(F)F)C(C)C)c3)c2c1. The molecule has 12 heteroatoms. The van der Waals surface area contributed by atoms with E-state index in [1.54, 1.807) is 38.4 Å². The summed E-state index contributed by atoms with van der Waals surface area (Å²) in [5, 5.41) is 8.00. The Labute approximate surface area is 200 Å². The van der Waals surface area contributed by atoms with Crippen LogP contribution in [-0.2, 0) is 10.3 Å². The van der Waals surface area contributed by atoms with Crippen molar-refractivity contribution in [3.63, 3.8) is 0 Å². The number of hydrogen-bond donors (Lipinski definition) is 5. The third-order valence-corrected chi connectivity index (χ3v) is 5.59.